The van der Waals surface area contributed by atoms with Gasteiger partial charge in [0.05, 0.1) is 18.2 Å². The summed E-state index contributed by atoms with van der Waals surface area (Å²) in [6, 6.07) is 2.53. The van der Waals surface area contributed by atoms with Gasteiger partial charge in [-0.1, -0.05) is 0 Å². The fourth-order valence-corrected chi connectivity index (χ4v) is 4.54. The molecular weight excluding hydrogens is 364 g/mol. The van der Waals surface area contributed by atoms with Crippen LogP contribution in [-0.4, -0.2) is 60.9 Å². The molecule has 0 radical (unpaired) electrons. The summed E-state index contributed by atoms with van der Waals surface area (Å²) < 4.78 is 31.6. The predicted octanol–water partition coefficient (Wildman–Crippen LogP) is 0.213. The maximum absolute atomic E-state index is 12.7. The Labute approximate surface area is 150 Å². The Morgan fingerprint density at radius 3 is 2.77 bits per heavy atom. The number of carboxylic acid groups (broad SMARTS) is 1. The van der Waals surface area contributed by atoms with Crippen LogP contribution >= 0.6 is 0 Å². The molecule has 2 aliphatic heterocycles. The Balaban J connectivity index is 1.87. The van der Waals surface area contributed by atoms with E-state index >= 15 is 0 Å². The third kappa shape index (κ3) is 3.17. The normalized spacial score (nSPS) is 22.1. The molecule has 0 spiro atoms. The fraction of sp³-hybridized carbons (Fsp3) is 0.438. The molecule has 1 aromatic carbocycles. The van der Waals surface area contributed by atoms with Gasteiger partial charge in [0.25, 0.3) is 21.8 Å². The second-order valence-electron chi connectivity index (χ2n) is 6.22. The van der Waals surface area contributed by atoms with Crippen molar-refractivity contribution in [2.45, 2.75) is 36.8 Å². The molecule has 1 fully saturated rings. The molecule has 2 atom stereocenters. The van der Waals surface area contributed by atoms with Gasteiger partial charge in [0, 0.05) is 12.2 Å². The largest absolute Gasteiger partial charge is 0.480 e. The van der Waals surface area contributed by atoms with Crippen LogP contribution in [0.15, 0.2) is 23.1 Å². The van der Waals surface area contributed by atoms with Crippen molar-refractivity contribution in [2.24, 2.45) is 0 Å². The van der Waals surface area contributed by atoms with Crippen molar-refractivity contribution in [2.75, 3.05) is 13.2 Å². The average Bonchev–Trinajstić information content (AvgIpc) is 3.16. The number of ether oxygens (including phenoxy) is 1. The molecular formula is C16H18N2O7S. The Morgan fingerprint density at radius 2 is 2.15 bits per heavy atom. The minimum absolute atomic E-state index is 0.00849. The van der Waals surface area contributed by atoms with Gasteiger partial charge in [-0.3, -0.25) is 14.4 Å². The van der Waals surface area contributed by atoms with Crippen molar-refractivity contribution in [1.82, 2.24) is 9.62 Å². The van der Waals surface area contributed by atoms with Gasteiger partial charge >= 0.3 is 5.97 Å². The maximum atomic E-state index is 12.7. The van der Waals surface area contributed by atoms with Crippen molar-refractivity contribution in [1.29, 1.82) is 0 Å². The van der Waals surface area contributed by atoms with E-state index in [-0.39, 0.29) is 28.7 Å². The van der Waals surface area contributed by atoms with Crippen LogP contribution in [0.3, 0.4) is 0 Å². The summed E-state index contributed by atoms with van der Waals surface area (Å²) in [6.07, 6.45) is 1.16. The van der Waals surface area contributed by atoms with E-state index in [1.54, 1.807) is 0 Å². The number of fused-ring (bicyclic) bond motifs is 1. The average molecular weight is 382 g/mol. The number of aliphatic carboxylic acids is 1. The minimum atomic E-state index is -4.08. The van der Waals surface area contributed by atoms with Crippen molar-refractivity contribution in [3.63, 3.8) is 0 Å². The Hall–Kier alpha value is -2.46. The van der Waals surface area contributed by atoms with E-state index in [9.17, 15) is 22.8 Å². The molecule has 140 valence electrons. The third-order valence-electron chi connectivity index (χ3n) is 4.38. The molecule has 0 aliphatic carbocycles. The smallest absolute Gasteiger partial charge is 0.325 e. The van der Waals surface area contributed by atoms with Gasteiger partial charge in [-0.25, -0.2) is 12.7 Å². The van der Waals surface area contributed by atoms with Crippen molar-refractivity contribution >= 4 is 27.8 Å². The summed E-state index contributed by atoms with van der Waals surface area (Å²) in [7, 11) is -4.08. The molecule has 0 aromatic heterocycles. The van der Waals surface area contributed by atoms with Crippen LogP contribution in [0.25, 0.3) is 0 Å². The highest BCUT2D eigenvalue weighted by molar-refractivity contribution is 7.90. The van der Waals surface area contributed by atoms with E-state index in [2.05, 4.69) is 5.32 Å². The van der Waals surface area contributed by atoms with Crippen LogP contribution in [0.2, 0.25) is 0 Å². The van der Waals surface area contributed by atoms with E-state index in [0.717, 1.165) is 16.8 Å². The summed E-state index contributed by atoms with van der Waals surface area (Å²) in [5, 5.41) is 11.1. The van der Waals surface area contributed by atoms with Gasteiger partial charge in [0.1, 0.15) is 10.9 Å². The van der Waals surface area contributed by atoms with Gasteiger partial charge in [0.2, 0.25) is 0 Å². The van der Waals surface area contributed by atoms with Crippen LogP contribution in [0.1, 0.15) is 40.5 Å². The number of sulfonamides is 1. The number of hydrogen-bond acceptors (Lipinski definition) is 6. The van der Waals surface area contributed by atoms with E-state index in [0.29, 0.717) is 13.0 Å². The second kappa shape index (κ2) is 6.69. The van der Waals surface area contributed by atoms with E-state index < -0.39 is 33.8 Å². The SMILES string of the molecule is CC(NC(=O)c1ccc2c(c1)S(=O)(=O)N(CC1CCCO1)C2=O)C(=O)O. The van der Waals surface area contributed by atoms with Gasteiger partial charge < -0.3 is 15.2 Å². The lowest BCUT2D eigenvalue weighted by atomic mass is 10.1. The zero-order chi connectivity index (χ0) is 19.1. The quantitative estimate of drug-likeness (QED) is 0.744. The number of nitrogens with one attached hydrogen (secondary N) is 1. The predicted molar refractivity (Wildman–Crippen MR) is 88.2 cm³/mol. The molecule has 2 aliphatic rings. The molecule has 1 saturated heterocycles. The van der Waals surface area contributed by atoms with Crippen molar-refractivity contribution in [3.05, 3.63) is 29.3 Å². The van der Waals surface area contributed by atoms with Crippen LogP contribution in [0.5, 0.6) is 0 Å². The number of carbonyl (C=O) groups is 3. The highest BCUT2D eigenvalue weighted by Gasteiger charge is 2.43. The fourth-order valence-electron chi connectivity index (χ4n) is 2.91. The Morgan fingerprint density at radius 1 is 1.42 bits per heavy atom. The highest BCUT2D eigenvalue weighted by atomic mass is 32.2. The standard InChI is InChI=1S/C16H18N2O7S/c1-9(16(21)22)17-14(19)10-4-5-12-13(7-10)26(23,24)18(15(12)20)8-11-3-2-6-25-11/h4-5,7,9,11H,2-3,6,8H2,1H3,(H,17,19)(H,21,22). The van der Waals surface area contributed by atoms with Gasteiger partial charge in [-0.15, -0.1) is 0 Å². The first kappa shape index (κ1) is 18.3. The molecule has 1 aromatic rings. The zero-order valence-corrected chi connectivity index (χ0v) is 14.8. The first-order valence-electron chi connectivity index (χ1n) is 8.08. The van der Waals surface area contributed by atoms with E-state index in [4.69, 9.17) is 9.84 Å². The second-order valence-corrected chi connectivity index (χ2v) is 8.05. The first-order valence-corrected chi connectivity index (χ1v) is 9.52. The number of nitrogens with zero attached hydrogens (tertiary/aromatic N) is 1. The summed E-state index contributed by atoms with van der Waals surface area (Å²) >= 11 is 0. The van der Waals surface area contributed by atoms with Crippen LogP contribution in [-0.2, 0) is 19.6 Å². The lowest BCUT2D eigenvalue weighted by Crippen LogP contribution is -2.38. The van der Waals surface area contributed by atoms with Crippen LogP contribution in [0, 0.1) is 0 Å². The molecule has 10 heteroatoms. The number of hydrogen-bond donors (Lipinski definition) is 2. The molecule has 3 rings (SSSR count). The molecule has 0 saturated carbocycles. The minimum Gasteiger partial charge on any atom is -0.480 e. The van der Waals surface area contributed by atoms with Crippen molar-refractivity contribution < 1.29 is 32.6 Å². The number of amides is 2. The summed E-state index contributed by atoms with van der Waals surface area (Å²) in [5.41, 5.74) is -0.0435. The number of benzene rings is 1. The molecule has 9 nitrogen and oxygen atoms in total. The van der Waals surface area contributed by atoms with Crippen LogP contribution in [0.4, 0.5) is 0 Å². The topological polar surface area (TPSA) is 130 Å². The molecule has 0 bridgehead atoms. The van der Waals surface area contributed by atoms with E-state index in [1.165, 1.54) is 19.1 Å². The molecule has 2 heterocycles. The van der Waals surface area contributed by atoms with Gasteiger partial charge in [0.15, 0.2) is 0 Å². The molecule has 2 N–H and O–H groups in total. The molecule has 26 heavy (non-hydrogen) atoms. The maximum Gasteiger partial charge on any atom is 0.325 e. The lowest BCUT2D eigenvalue weighted by Gasteiger charge is -2.18. The highest BCUT2D eigenvalue weighted by Crippen LogP contribution is 2.32. The summed E-state index contributed by atoms with van der Waals surface area (Å²) in [4.78, 5) is 35.2. The number of rotatable bonds is 5. The molecule has 2 amide bonds. The number of carboxylic acids is 1. The van der Waals surface area contributed by atoms with Crippen molar-refractivity contribution in [3.8, 4) is 0 Å². The lowest BCUT2D eigenvalue weighted by molar-refractivity contribution is -0.138. The first-order chi connectivity index (χ1) is 12.2. The summed E-state index contributed by atoms with van der Waals surface area (Å²) in [6.45, 7) is 1.76. The molecule has 2 unspecified atom stereocenters. The van der Waals surface area contributed by atoms with Gasteiger partial charge in [-0.2, -0.15) is 0 Å². The van der Waals surface area contributed by atoms with Gasteiger partial charge in [-0.05, 0) is 38.0 Å². The monoisotopic (exact) mass is 382 g/mol. The summed E-state index contributed by atoms with van der Waals surface area (Å²) in [5.74, 6) is -2.60. The van der Waals surface area contributed by atoms with E-state index in [1.807, 2.05) is 0 Å². The zero-order valence-electron chi connectivity index (χ0n) is 14.0. The number of carbonyl (C=O) groups excluding carboxylic acids is 2. The Bertz CT molecular complexity index is 875. The van der Waals surface area contributed by atoms with Crippen LogP contribution < -0.4 is 5.32 Å². The third-order valence-corrected chi connectivity index (χ3v) is 6.17. The Kier molecular flexibility index (Phi) is 4.72.